The lowest BCUT2D eigenvalue weighted by molar-refractivity contribution is -0.925. The molecule has 0 N–H and O–H groups in total. The van der Waals surface area contributed by atoms with Crippen molar-refractivity contribution in [2.24, 2.45) is 5.41 Å². The molecule has 0 aromatic heterocycles. The van der Waals surface area contributed by atoms with Crippen LogP contribution in [-0.4, -0.2) is 37.1 Å². The van der Waals surface area contributed by atoms with Crippen molar-refractivity contribution >= 4 is 5.97 Å². The molecule has 0 rings (SSSR count). The minimum absolute atomic E-state index is 0.288. The van der Waals surface area contributed by atoms with Crippen LogP contribution in [0.2, 0.25) is 0 Å². The van der Waals surface area contributed by atoms with Crippen molar-refractivity contribution in [3.63, 3.8) is 0 Å². The largest absolute Gasteiger partial charge is 0.544 e. The van der Waals surface area contributed by atoms with Gasteiger partial charge in [0, 0.05) is 11.8 Å². The predicted octanol–water partition coefficient (Wildman–Crippen LogP) is 4.93. The van der Waals surface area contributed by atoms with Gasteiger partial charge in [0.15, 0.2) is 0 Å². The average molecular weight is 356 g/mol. The first-order valence-electron chi connectivity index (χ1n) is 10.6. The molecule has 150 valence electrons. The van der Waals surface area contributed by atoms with E-state index in [9.17, 15) is 9.90 Å². The van der Waals surface area contributed by atoms with E-state index in [1.165, 1.54) is 51.4 Å². The molecule has 3 heteroatoms. The molecule has 0 radical (unpaired) electrons. The van der Waals surface area contributed by atoms with Crippen LogP contribution in [0.25, 0.3) is 0 Å². The highest BCUT2D eigenvalue weighted by atomic mass is 16.4. The van der Waals surface area contributed by atoms with Crippen molar-refractivity contribution in [2.45, 2.75) is 110 Å². The second-order valence-electron chi connectivity index (χ2n) is 9.33. The van der Waals surface area contributed by atoms with Crippen LogP contribution >= 0.6 is 0 Å². The molecule has 0 aromatic rings. The molecule has 0 amide bonds. The standard InChI is InChI=1S/C22H45NO2/c1-8-10-11-12-13-14-15-16-17-18-19-22(20(24)25,23(5,6)7)21(3,4)9-2/h8-19H2,1-7H3. The van der Waals surface area contributed by atoms with Crippen molar-refractivity contribution in [1.29, 1.82) is 0 Å². The van der Waals surface area contributed by atoms with Gasteiger partial charge in [0.2, 0.25) is 0 Å². The Balaban J connectivity index is 4.46. The van der Waals surface area contributed by atoms with Gasteiger partial charge in [0.05, 0.1) is 21.1 Å². The first-order chi connectivity index (χ1) is 11.6. The highest BCUT2D eigenvalue weighted by Crippen LogP contribution is 2.44. The van der Waals surface area contributed by atoms with E-state index < -0.39 is 11.5 Å². The normalized spacial score (nSPS) is 15.2. The fourth-order valence-corrected chi connectivity index (χ4v) is 4.39. The van der Waals surface area contributed by atoms with Gasteiger partial charge in [-0.05, 0) is 12.8 Å². The second kappa shape index (κ2) is 11.2. The summed E-state index contributed by atoms with van der Waals surface area (Å²) in [4.78, 5) is 12.2. The predicted molar refractivity (Wildman–Crippen MR) is 106 cm³/mol. The molecule has 0 aromatic carbocycles. The zero-order chi connectivity index (χ0) is 19.6. The van der Waals surface area contributed by atoms with Gasteiger partial charge in [-0.3, -0.25) is 0 Å². The van der Waals surface area contributed by atoms with Gasteiger partial charge < -0.3 is 14.4 Å². The van der Waals surface area contributed by atoms with E-state index in [1.54, 1.807) is 0 Å². The van der Waals surface area contributed by atoms with E-state index in [-0.39, 0.29) is 5.41 Å². The quantitative estimate of drug-likeness (QED) is 0.309. The molecule has 1 atom stereocenters. The summed E-state index contributed by atoms with van der Waals surface area (Å²) in [5, 5.41) is 12.2. The van der Waals surface area contributed by atoms with Gasteiger partial charge in [-0.15, -0.1) is 0 Å². The van der Waals surface area contributed by atoms with Gasteiger partial charge in [-0.2, -0.15) is 0 Å². The Morgan fingerprint density at radius 3 is 1.52 bits per heavy atom. The van der Waals surface area contributed by atoms with Crippen LogP contribution in [0.15, 0.2) is 0 Å². The summed E-state index contributed by atoms with van der Waals surface area (Å²) in [6.07, 6.45) is 14.2. The molecule has 0 bridgehead atoms. The Morgan fingerprint density at radius 1 is 0.800 bits per heavy atom. The highest BCUT2D eigenvalue weighted by molar-refractivity contribution is 5.76. The van der Waals surface area contributed by atoms with Crippen molar-refractivity contribution < 1.29 is 14.4 Å². The first-order valence-corrected chi connectivity index (χ1v) is 10.6. The zero-order valence-corrected chi connectivity index (χ0v) is 18.2. The first kappa shape index (κ1) is 24.4. The Morgan fingerprint density at radius 2 is 1.20 bits per heavy atom. The Labute approximate surface area is 157 Å². The molecular weight excluding hydrogens is 310 g/mol. The number of rotatable bonds is 15. The van der Waals surface area contributed by atoms with E-state index in [0.29, 0.717) is 10.9 Å². The van der Waals surface area contributed by atoms with Gasteiger partial charge in [-0.1, -0.05) is 85.5 Å². The van der Waals surface area contributed by atoms with Gasteiger partial charge >= 0.3 is 0 Å². The number of carbonyl (C=O) groups is 1. The molecule has 0 aliphatic heterocycles. The fourth-order valence-electron chi connectivity index (χ4n) is 4.39. The minimum atomic E-state index is -0.886. The fraction of sp³-hybridized carbons (Fsp3) is 0.955. The summed E-state index contributed by atoms with van der Waals surface area (Å²) in [6.45, 7) is 8.51. The maximum Gasteiger partial charge on any atom is 0.144 e. The van der Waals surface area contributed by atoms with Crippen molar-refractivity contribution in [1.82, 2.24) is 0 Å². The number of carboxylic acid groups (broad SMARTS) is 1. The van der Waals surface area contributed by atoms with Crippen LogP contribution in [-0.2, 0) is 4.79 Å². The third-order valence-corrected chi connectivity index (χ3v) is 6.38. The summed E-state index contributed by atoms with van der Waals surface area (Å²) < 4.78 is 0.424. The molecular formula is C22H45NO2. The summed E-state index contributed by atoms with van der Waals surface area (Å²) in [5.41, 5.74) is -1.12. The van der Waals surface area contributed by atoms with E-state index in [4.69, 9.17) is 0 Å². The molecule has 0 heterocycles. The van der Waals surface area contributed by atoms with Crippen LogP contribution in [0.1, 0.15) is 105 Å². The Bertz CT molecular complexity index is 371. The number of aliphatic carboxylic acids is 1. The Hall–Kier alpha value is -0.570. The number of hydrogen-bond donors (Lipinski definition) is 0. The van der Waals surface area contributed by atoms with E-state index >= 15 is 0 Å². The van der Waals surface area contributed by atoms with E-state index in [0.717, 1.165) is 19.3 Å². The van der Waals surface area contributed by atoms with Gasteiger partial charge in [0.25, 0.3) is 0 Å². The molecule has 0 aliphatic carbocycles. The summed E-state index contributed by atoms with van der Waals surface area (Å²) in [6, 6.07) is 0. The number of likely N-dealkylation sites (N-methyl/N-ethyl adjacent to an activating group) is 1. The summed E-state index contributed by atoms with van der Waals surface area (Å²) in [7, 11) is 6.01. The molecule has 25 heavy (non-hydrogen) atoms. The molecule has 0 aliphatic rings. The van der Waals surface area contributed by atoms with E-state index in [2.05, 4.69) is 27.7 Å². The molecule has 0 saturated carbocycles. The third-order valence-electron chi connectivity index (χ3n) is 6.38. The van der Waals surface area contributed by atoms with Crippen molar-refractivity contribution in [3.05, 3.63) is 0 Å². The zero-order valence-electron chi connectivity index (χ0n) is 18.2. The van der Waals surface area contributed by atoms with Crippen LogP contribution in [0.5, 0.6) is 0 Å². The van der Waals surface area contributed by atoms with Crippen LogP contribution < -0.4 is 5.11 Å². The Kier molecular flexibility index (Phi) is 11.0. The lowest BCUT2D eigenvalue weighted by Gasteiger charge is -2.55. The van der Waals surface area contributed by atoms with Gasteiger partial charge in [-0.25, -0.2) is 0 Å². The SMILES string of the molecule is CCCCCCCCCCCCC(C(=O)[O-])(C(C)(C)CC)[N+](C)(C)C. The number of carbonyl (C=O) groups excluding carboxylic acids is 1. The number of carboxylic acids is 1. The lowest BCUT2D eigenvalue weighted by Crippen LogP contribution is -2.72. The van der Waals surface area contributed by atoms with Crippen LogP contribution in [0.3, 0.4) is 0 Å². The minimum Gasteiger partial charge on any atom is -0.544 e. The average Bonchev–Trinajstić information content (AvgIpc) is 2.50. The smallest absolute Gasteiger partial charge is 0.144 e. The third kappa shape index (κ3) is 6.92. The number of unbranched alkanes of at least 4 members (excludes halogenated alkanes) is 9. The molecule has 0 fully saturated rings. The maximum absolute atomic E-state index is 12.2. The molecule has 1 unspecified atom stereocenters. The maximum atomic E-state index is 12.2. The van der Waals surface area contributed by atoms with Crippen LogP contribution in [0.4, 0.5) is 0 Å². The molecule has 0 spiro atoms. The number of quaternary nitrogens is 1. The van der Waals surface area contributed by atoms with E-state index in [1.807, 2.05) is 21.1 Å². The van der Waals surface area contributed by atoms with Crippen molar-refractivity contribution in [3.8, 4) is 0 Å². The summed E-state index contributed by atoms with van der Waals surface area (Å²) >= 11 is 0. The lowest BCUT2D eigenvalue weighted by atomic mass is 9.65. The molecule has 0 saturated heterocycles. The highest BCUT2D eigenvalue weighted by Gasteiger charge is 2.54. The van der Waals surface area contributed by atoms with Gasteiger partial charge in [0.1, 0.15) is 11.5 Å². The second-order valence-corrected chi connectivity index (χ2v) is 9.33. The number of hydrogen-bond acceptors (Lipinski definition) is 2. The van der Waals surface area contributed by atoms with Crippen LogP contribution in [0, 0.1) is 5.41 Å². The monoisotopic (exact) mass is 355 g/mol. The topological polar surface area (TPSA) is 40.1 Å². The summed E-state index contributed by atoms with van der Waals surface area (Å²) in [5.74, 6) is -0.886. The number of nitrogens with zero attached hydrogens (tertiary/aromatic N) is 1. The van der Waals surface area contributed by atoms with Crippen molar-refractivity contribution in [2.75, 3.05) is 21.1 Å². The molecule has 3 nitrogen and oxygen atoms in total.